The SMILES string of the molecule is CCCC/C(=C/O[Si](C)(C)C)[Si](C)(C)C. The van der Waals surface area contributed by atoms with Gasteiger partial charge in [-0.15, -0.1) is 0 Å². The highest BCUT2D eigenvalue weighted by atomic mass is 28.4. The van der Waals surface area contributed by atoms with Gasteiger partial charge < -0.3 is 4.43 Å². The topological polar surface area (TPSA) is 9.23 Å². The average molecular weight is 245 g/mol. The second-order valence-corrected chi connectivity index (χ2v) is 15.8. The van der Waals surface area contributed by atoms with Gasteiger partial charge in [0.25, 0.3) is 0 Å². The average Bonchev–Trinajstić information content (AvgIpc) is 1.99. The zero-order chi connectivity index (χ0) is 12.1. The first-order valence-electron chi connectivity index (χ1n) is 6.04. The summed E-state index contributed by atoms with van der Waals surface area (Å²) in [4.78, 5) is 0. The monoisotopic (exact) mass is 244 g/mol. The number of unbranched alkanes of at least 4 members (excludes halogenated alkanes) is 1. The molecule has 0 saturated carbocycles. The summed E-state index contributed by atoms with van der Waals surface area (Å²) in [7, 11) is -2.56. The second kappa shape index (κ2) is 5.90. The highest BCUT2D eigenvalue weighted by Crippen LogP contribution is 2.21. The van der Waals surface area contributed by atoms with E-state index in [2.05, 4.69) is 52.5 Å². The molecule has 0 aliphatic carbocycles. The molecule has 0 heterocycles. The molecule has 0 aromatic rings. The molecule has 0 spiro atoms. The van der Waals surface area contributed by atoms with Crippen LogP contribution in [0, 0.1) is 0 Å². The first kappa shape index (κ1) is 15.0. The Kier molecular flexibility index (Phi) is 5.89. The molecule has 90 valence electrons. The molecule has 0 aromatic heterocycles. The molecule has 0 aliphatic rings. The van der Waals surface area contributed by atoms with Crippen LogP contribution in [0.3, 0.4) is 0 Å². The molecule has 0 amide bonds. The molecule has 15 heavy (non-hydrogen) atoms. The molecule has 0 aromatic carbocycles. The Bertz CT molecular complexity index is 209. The third-order valence-electron chi connectivity index (χ3n) is 2.32. The van der Waals surface area contributed by atoms with Crippen LogP contribution in [-0.4, -0.2) is 16.4 Å². The van der Waals surface area contributed by atoms with E-state index >= 15 is 0 Å². The van der Waals surface area contributed by atoms with Gasteiger partial charge in [0.2, 0.25) is 8.32 Å². The van der Waals surface area contributed by atoms with Crippen molar-refractivity contribution < 1.29 is 4.43 Å². The number of rotatable bonds is 6. The maximum atomic E-state index is 5.93. The van der Waals surface area contributed by atoms with E-state index in [1.807, 2.05) is 0 Å². The lowest BCUT2D eigenvalue weighted by Gasteiger charge is -2.24. The van der Waals surface area contributed by atoms with Gasteiger partial charge in [-0.05, 0) is 31.3 Å². The van der Waals surface area contributed by atoms with Crippen molar-refractivity contribution in [3.05, 3.63) is 11.5 Å². The molecular formula is C12H28OSi2. The van der Waals surface area contributed by atoms with Gasteiger partial charge in [0, 0.05) is 0 Å². The Morgan fingerprint density at radius 1 is 1.07 bits per heavy atom. The molecule has 0 bridgehead atoms. The molecule has 0 aliphatic heterocycles. The van der Waals surface area contributed by atoms with Crippen molar-refractivity contribution in [1.82, 2.24) is 0 Å². The Balaban J connectivity index is 4.49. The summed E-state index contributed by atoms with van der Waals surface area (Å²) in [5.74, 6) is 0. The maximum Gasteiger partial charge on any atom is 0.241 e. The van der Waals surface area contributed by atoms with E-state index in [1.54, 1.807) is 5.20 Å². The lowest BCUT2D eigenvalue weighted by Crippen LogP contribution is -2.27. The van der Waals surface area contributed by atoms with Crippen molar-refractivity contribution in [1.29, 1.82) is 0 Å². The summed E-state index contributed by atoms with van der Waals surface area (Å²) in [5.41, 5.74) is 0. The van der Waals surface area contributed by atoms with Crippen molar-refractivity contribution in [3.8, 4) is 0 Å². The van der Waals surface area contributed by atoms with E-state index in [0.29, 0.717) is 0 Å². The summed E-state index contributed by atoms with van der Waals surface area (Å²) in [5, 5.41) is 1.59. The summed E-state index contributed by atoms with van der Waals surface area (Å²) in [6.45, 7) is 16.2. The number of hydrogen-bond acceptors (Lipinski definition) is 1. The highest BCUT2D eigenvalue weighted by Gasteiger charge is 2.21. The fraction of sp³-hybridized carbons (Fsp3) is 0.833. The molecule has 0 saturated heterocycles. The molecule has 0 rings (SSSR count). The minimum absolute atomic E-state index is 1.17. The Morgan fingerprint density at radius 2 is 1.60 bits per heavy atom. The van der Waals surface area contributed by atoms with Gasteiger partial charge in [-0.25, -0.2) is 0 Å². The van der Waals surface area contributed by atoms with Crippen LogP contribution in [0.4, 0.5) is 0 Å². The minimum Gasteiger partial charge on any atom is -0.550 e. The van der Waals surface area contributed by atoms with Gasteiger partial charge in [-0.1, -0.05) is 39.4 Å². The molecule has 0 N–H and O–H groups in total. The van der Waals surface area contributed by atoms with E-state index in [4.69, 9.17) is 4.43 Å². The van der Waals surface area contributed by atoms with Crippen LogP contribution in [0.2, 0.25) is 39.3 Å². The van der Waals surface area contributed by atoms with Gasteiger partial charge in [0.1, 0.15) is 0 Å². The Labute approximate surface area is 98.1 Å². The number of hydrogen-bond donors (Lipinski definition) is 0. The van der Waals surface area contributed by atoms with Crippen molar-refractivity contribution in [2.24, 2.45) is 0 Å². The van der Waals surface area contributed by atoms with Crippen LogP contribution in [0.15, 0.2) is 11.5 Å². The number of allylic oxidation sites excluding steroid dienone is 1. The molecule has 1 nitrogen and oxygen atoms in total. The van der Waals surface area contributed by atoms with E-state index < -0.39 is 16.4 Å². The molecule has 0 atom stereocenters. The van der Waals surface area contributed by atoms with Gasteiger partial charge in [-0.3, -0.25) is 0 Å². The van der Waals surface area contributed by atoms with Gasteiger partial charge in [0.15, 0.2) is 0 Å². The van der Waals surface area contributed by atoms with Crippen molar-refractivity contribution in [2.75, 3.05) is 0 Å². The molecular weight excluding hydrogens is 216 g/mol. The summed E-state index contributed by atoms with van der Waals surface area (Å²) in [6, 6.07) is 0. The summed E-state index contributed by atoms with van der Waals surface area (Å²) < 4.78 is 5.93. The summed E-state index contributed by atoms with van der Waals surface area (Å²) >= 11 is 0. The normalized spacial score (nSPS) is 14.2. The zero-order valence-electron chi connectivity index (χ0n) is 11.6. The predicted octanol–water partition coefficient (Wildman–Crippen LogP) is 4.79. The van der Waals surface area contributed by atoms with Crippen LogP contribution < -0.4 is 0 Å². The van der Waals surface area contributed by atoms with Gasteiger partial charge in [-0.2, -0.15) is 0 Å². The van der Waals surface area contributed by atoms with Crippen LogP contribution in [0.25, 0.3) is 0 Å². The quantitative estimate of drug-likeness (QED) is 0.482. The van der Waals surface area contributed by atoms with Crippen molar-refractivity contribution >= 4 is 16.4 Å². The van der Waals surface area contributed by atoms with Gasteiger partial charge >= 0.3 is 0 Å². The third kappa shape index (κ3) is 7.85. The predicted molar refractivity (Wildman–Crippen MR) is 75.4 cm³/mol. The van der Waals surface area contributed by atoms with E-state index in [1.165, 1.54) is 19.3 Å². The molecule has 0 unspecified atom stereocenters. The highest BCUT2D eigenvalue weighted by molar-refractivity contribution is 6.83. The van der Waals surface area contributed by atoms with Crippen LogP contribution in [0.1, 0.15) is 26.2 Å². The fourth-order valence-corrected chi connectivity index (χ4v) is 3.18. The lowest BCUT2D eigenvalue weighted by atomic mass is 10.2. The first-order chi connectivity index (χ1) is 6.67. The minimum atomic E-state index is -1.39. The Hall–Kier alpha value is -0.0262. The Morgan fingerprint density at radius 3 is 1.93 bits per heavy atom. The largest absolute Gasteiger partial charge is 0.550 e. The smallest absolute Gasteiger partial charge is 0.241 e. The van der Waals surface area contributed by atoms with E-state index in [-0.39, 0.29) is 0 Å². The third-order valence-corrected chi connectivity index (χ3v) is 5.44. The summed E-state index contributed by atoms with van der Waals surface area (Å²) in [6.07, 6.45) is 5.91. The van der Waals surface area contributed by atoms with Crippen LogP contribution >= 0.6 is 0 Å². The first-order valence-corrected chi connectivity index (χ1v) is 12.9. The molecule has 3 heteroatoms. The van der Waals surface area contributed by atoms with E-state index in [9.17, 15) is 0 Å². The molecule has 0 radical (unpaired) electrons. The molecule has 0 fully saturated rings. The van der Waals surface area contributed by atoms with Crippen LogP contribution in [0.5, 0.6) is 0 Å². The van der Waals surface area contributed by atoms with Crippen molar-refractivity contribution in [2.45, 2.75) is 65.5 Å². The van der Waals surface area contributed by atoms with Gasteiger partial charge in [0.05, 0.1) is 14.3 Å². The zero-order valence-corrected chi connectivity index (χ0v) is 13.6. The maximum absolute atomic E-state index is 5.93. The van der Waals surface area contributed by atoms with Crippen molar-refractivity contribution in [3.63, 3.8) is 0 Å². The lowest BCUT2D eigenvalue weighted by molar-refractivity contribution is 0.473. The standard InChI is InChI=1S/C12H28OSi2/c1-8-9-10-12(14(2,3)4)11-13-15(5,6)7/h11H,8-10H2,1-7H3/b12-11-. The van der Waals surface area contributed by atoms with Crippen LogP contribution in [-0.2, 0) is 4.43 Å². The second-order valence-electron chi connectivity index (χ2n) is 6.23. The fourth-order valence-electron chi connectivity index (χ4n) is 1.23. The van der Waals surface area contributed by atoms with E-state index in [0.717, 1.165) is 0 Å².